The first kappa shape index (κ1) is 15.7. The number of aliphatic hydroxyl groups excluding tert-OH is 1. The Bertz CT molecular complexity index is 395. The molecule has 0 heterocycles. The van der Waals surface area contributed by atoms with Crippen molar-refractivity contribution in [3.05, 3.63) is 35.9 Å². The number of carbonyl (C=O) groups is 1. The third kappa shape index (κ3) is 5.43. The number of carbonyl (C=O) groups excluding carboxylic acids is 1. The summed E-state index contributed by atoms with van der Waals surface area (Å²) in [5, 5.41) is 12.7. The van der Waals surface area contributed by atoms with Gasteiger partial charge in [-0.05, 0) is 16.9 Å². The van der Waals surface area contributed by atoms with Crippen LogP contribution in [-0.2, 0) is 4.79 Å². The lowest BCUT2D eigenvalue weighted by atomic mass is 9.80. The molecule has 0 fully saturated rings. The largest absolute Gasteiger partial charge is 0.387 e. The number of amides is 1. The molecule has 0 radical (unpaired) electrons. The van der Waals surface area contributed by atoms with Crippen LogP contribution in [0.3, 0.4) is 0 Å². The predicted molar refractivity (Wildman–Crippen MR) is 77.6 cm³/mol. The Morgan fingerprint density at radius 1 is 1.26 bits per heavy atom. The molecular formula is C16H25NO2. The van der Waals surface area contributed by atoms with E-state index in [4.69, 9.17) is 0 Å². The van der Waals surface area contributed by atoms with Gasteiger partial charge in [-0.15, -0.1) is 0 Å². The number of aliphatic hydroxyl groups is 1. The summed E-state index contributed by atoms with van der Waals surface area (Å²) >= 11 is 0. The highest BCUT2D eigenvalue weighted by molar-refractivity contribution is 5.76. The van der Waals surface area contributed by atoms with E-state index in [0.717, 1.165) is 5.56 Å². The van der Waals surface area contributed by atoms with Crippen molar-refractivity contribution in [1.82, 2.24) is 5.32 Å². The summed E-state index contributed by atoms with van der Waals surface area (Å²) in [6.45, 7) is 8.73. The number of nitrogens with one attached hydrogen (secondary N) is 1. The van der Waals surface area contributed by atoms with E-state index >= 15 is 0 Å². The number of hydrogen-bond donors (Lipinski definition) is 2. The molecule has 1 amide bonds. The minimum Gasteiger partial charge on any atom is -0.387 e. The van der Waals surface area contributed by atoms with Crippen LogP contribution >= 0.6 is 0 Å². The molecule has 19 heavy (non-hydrogen) atoms. The van der Waals surface area contributed by atoms with Gasteiger partial charge in [-0.25, -0.2) is 0 Å². The fraction of sp³-hybridized carbons (Fsp3) is 0.562. The molecule has 0 saturated heterocycles. The Balaban J connectivity index is 2.39. The molecule has 0 saturated carbocycles. The average Bonchev–Trinajstić information content (AvgIpc) is 2.35. The van der Waals surface area contributed by atoms with Crippen molar-refractivity contribution in [3.63, 3.8) is 0 Å². The third-order valence-electron chi connectivity index (χ3n) is 3.65. The molecule has 3 heteroatoms. The smallest absolute Gasteiger partial charge is 0.220 e. The Kier molecular flexibility index (Phi) is 5.55. The molecule has 2 atom stereocenters. The summed E-state index contributed by atoms with van der Waals surface area (Å²) < 4.78 is 0. The van der Waals surface area contributed by atoms with Gasteiger partial charge in [0.05, 0.1) is 6.10 Å². The van der Waals surface area contributed by atoms with Gasteiger partial charge in [-0.3, -0.25) is 4.79 Å². The second-order valence-electron chi connectivity index (χ2n) is 6.20. The second-order valence-corrected chi connectivity index (χ2v) is 6.20. The summed E-state index contributed by atoms with van der Waals surface area (Å²) in [6.07, 6.45) is -0.152. The zero-order chi connectivity index (χ0) is 14.5. The van der Waals surface area contributed by atoms with Crippen molar-refractivity contribution >= 4 is 5.91 Å². The molecule has 0 aliphatic rings. The monoisotopic (exact) mass is 263 g/mol. The van der Waals surface area contributed by atoms with E-state index in [1.54, 1.807) is 0 Å². The van der Waals surface area contributed by atoms with Crippen LogP contribution in [0.4, 0.5) is 0 Å². The molecule has 3 nitrogen and oxygen atoms in total. The molecule has 106 valence electrons. The van der Waals surface area contributed by atoms with E-state index in [9.17, 15) is 9.90 Å². The average molecular weight is 263 g/mol. The highest BCUT2D eigenvalue weighted by atomic mass is 16.3. The van der Waals surface area contributed by atoms with E-state index in [0.29, 0.717) is 12.3 Å². The quantitative estimate of drug-likeness (QED) is 0.858. The first-order valence-electron chi connectivity index (χ1n) is 6.80. The van der Waals surface area contributed by atoms with E-state index in [-0.39, 0.29) is 17.9 Å². The first-order chi connectivity index (χ1) is 8.80. The highest BCUT2D eigenvalue weighted by Crippen LogP contribution is 2.27. The van der Waals surface area contributed by atoms with Crippen LogP contribution < -0.4 is 5.32 Å². The van der Waals surface area contributed by atoms with Gasteiger partial charge >= 0.3 is 0 Å². The molecule has 1 aromatic rings. The summed E-state index contributed by atoms with van der Waals surface area (Å²) in [4.78, 5) is 11.8. The molecular weight excluding hydrogens is 238 g/mol. The van der Waals surface area contributed by atoms with Crippen molar-refractivity contribution < 1.29 is 9.90 Å². The van der Waals surface area contributed by atoms with Crippen molar-refractivity contribution in [1.29, 1.82) is 0 Å². The minimum atomic E-state index is -0.643. The number of rotatable bonds is 5. The minimum absolute atomic E-state index is 0.00240. The van der Waals surface area contributed by atoms with Gasteiger partial charge in [0.25, 0.3) is 0 Å². The van der Waals surface area contributed by atoms with E-state index in [1.807, 2.05) is 30.3 Å². The Hall–Kier alpha value is -1.35. The van der Waals surface area contributed by atoms with Gasteiger partial charge in [0.15, 0.2) is 0 Å². The van der Waals surface area contributed by atoms with E-state index in [2.05, 4.69) is 33.0 Å². The summed E-state index contributed by atoms with van der Waals surface area (Å²) in [6, 6.07) is 9.37. The molecule has 0 spiro atoms. The summed E-state index contributed by atoms with van der Waals surface area (Å²) in [5.41, 5.74) is 0.946. The van der Waals surface area contributed by atoms with Crippen LogP contribution in [0, 0.1) is 11.3 Å². The fourth-order valence-electron chi connectivity index (χ4n) is 1.66. The standard InChI is InChI=1S/C16H25NO2/c1-12(16(2,3)4)10-15(19)17-11-14(18)13-8-6-5-7-9-13/h5-9,12,14,18H,10-11H2,1-4H3,(H,17,19). The second kappa shape index (κ2) is 6.71. The van der Waals surface area contributed by atoms with Crippen molar-refractivity contribution in [2.24, 2.45) is 11.3 Å². The Labute approximate surface area is 116 Å². The maximum atomic E-state index is 11.8. The summed E-state index contributed by atoms with van der Waals surface area (Å²) in [7, 11) is 0. The molecule has 0 aromatic heterocycles. The Morgan fingerprint density at radius 2 is 1.84 bits per heavy atom. The van der Waals surface area contributed by atoms with Crippen LogP contribution in [0.15, 0.2) is 30.3 Å². The third-order valence-corrected chi connectivity index (χ3v) is 3.65. The molecule has 1 aromatic carbocycles. The van der Waals surface area contributed by atoms with Gasteiger partial charge in [-0.1, -0.05) is 58.0 Å². The lowest BCUT2D eigenvalue weighted by Gasteiger charge is -2.26. The maximum absolute atomic E-state index is 11.8. The molecule has 0 bridgehead atoms. The summed E-state index contributed by atoms with van der Waals surface area (Å²) in [5.74, 6) is 0.304. The number of benzene rings is 1. The molecule has 2 N–H and O–H groups in total. The normalized spacial score (nSPS) is 14.8. The van der Waals surface area contributed by atoms with E-state index in [1.165, 1.54) is 0 Å². The van der Waals surface area contributed by atoms with Gasteiger partial charge in [0.2, 0.25) is 5.91 Å². The van der Waals surface area contributed by atoms with Gasteiger partial charge in [-0.2, -0.15) is 0 Å². The maximum Gasteiger partial charge on any atom is 0.220 e. The van der Waals surface area contributed by atoms with Crippen LogP contribution in [0.5, 0.6) is 0 Å². The first-order valence-corrected chi connectivity index (χ1v) is 6.80. The van der Waals surface area contributed by atoms with Crippen molar-refractivity contribution in [3.8, 4) is 0 Å². The van der Waals surface area contributed by atoms with Crippen molar-refractivity contribution in [2.75, 3.05) is 6.54 Å². The molecule has 2 unspecified atom stereocenters. The van der Waals surface area contributed by atoms with Crippen LogP contribution in [-0.4, -0.2) is 17.6 Å². The Morgan fingerprint density at radius 3 is 2.37 bits per heavy atom. The molecule has 0 aliphatic heterocycles. The van der Waals surface area contributed by atoms with Crippen LogP contribution in [0.25, 0.3) is 0 Å². The number of hydrogen-bond acceptors (Lipinski definition) is 2. The van der Waals surface area contributed by atoms with Gasteiger partial charge < -0.3 is 10.4 Å². The SMILES string of the molecule is CC(CC(=O)NCC(O)c1ccccc1)C(C)(C)C. The lowest BCUT2D eigenvalue weighted by Crippen LogP contribution is -2.32. The van der Waals surface area contributed by atoms with Gasteiger partial charge in [0.1, 0.15) is 0 Å². The molecule has 0 aliphatic carbocycles. The zero-order valence-electron chi connectivity index (χ0n) is 12.3. The van der Waals surface area contributed by atoms with Crippen LogP contribution in [0.2, 0.25) is 0 Å². The van der Waals surface area contributed by atoms with Gasteiger partial charge in [0, 0.05) is 13.0 Å². The zero-order valence-corrected chi connectivity index (χ0v) is 12.3. The highest BCUT2D eigenvalue weighted by Gasteiger charge is 2.22. The van der Waals surface area contributed by atoms with Crippen LogP contribution in [0.1, 0.15) is 45.8 Å². The van der Waals surface area contributed by atoms with E-state index < -0.39 is 6.10 Å². The predicted octanol–water partition coefficient (Wildman–Crippen LogP) is 2.91. The van der Waals surface area contributed by atoms with Crippen molar-refractivity contribution in [2.45, 2.75) is 40.2 Å². The fourth-order valence-corrected chi connectivity index (χ4v) is 1.66. The lowest BCUT2D eigenvalue weighted by molar-refractivity contribution is -0.123. The molecule has 1 rings (SSSR count). The topological polar surface area (TPSA) is 49.3 Å².